The molecule has 0 N–H and O–H groups in total. The molecule has 58 valence electrons. The molecule has 1 aliphatic carbocycles. The maximum atomic E-state index is 5.38. The van der Waals surface area contributed by atoms with Gasteiger partial charge in [-0.3, -0.25) is 0 Å². The van der Waals surface area contributed by atoms with E-state index in [0.29, 0.717) is 11.8 Å². The fraction of sp³-hybridized carbons (Fsp3) is 0.400. The number of allylic oxidation sites excluding steroid dienone is 5. The molecule has 1 nitrogen and oxygen atoms in total. The second-order valence-electron chi connectivity index (χ2n) is 3.14. The van der Waals surface area contributed by atoms with E-state index in [2.05, 4.69) is 31.2 Å². The molecule has 2 rings (SSSR count). The van der Waals surface area contributed by atoms with E-state index in [1.807, 2.05) is 0 Å². The van der Waals surface area contributed by atoms with Gasteiger partial charge in [0.2, 0.25) is 0 Å². The summed E-state index contributed by atoms with van der Waals surface area (Å²) in [5.74, 6) is 2.34. The molecule has 0 spiro atoms. The molecule has 0 aromatic carbocycles. The van der Waals surface area contributed by atoms with E-state index in [-0.39, 0.29) is 0 Å². The number of fused-ring (bicyclic) bond motifs is 1. The quantitative estimate of drug-likeness (QED) is 0.513. The Hall–Kier alpha value is -0.980. The number of hydrogen-bond donors (Lipinski definition) is 0. The third kappa shape index (κ3) is 1.11. The minimum absolute atomic E-state index is 0.588. The van der Waals surface area contributed by atoms with Crippen molar-refractivity contribution >= 4 is 0 Å². The maximum Gasteiger partial charge on any atom is 0.107 e. The van der Waals surface area contributed by atoms with Gasteiger partial charge < -0.3 is 4.74 Å². The molecule has 0 saturated heterocycles. The SMILES string of the molecule is CC1C=CC=C2OC=CCC21. The van der Waals surface area contributed by atoms with Gasteiger partial charge in [0.1, 0.15) is 5.76 Å². The van der Waals surface area contributed by atoms with Crippen molar-refractivity contribution in [1.82, 2.24) is 0 Å². The first-order valence-electron chi connectivity index (χ1n) is 4.08. The predicted molar refractivity (Wildman–Crippen MR) is 44.7 cm³/mol. The van der Waals surface area contributed by atoms with Gasteiger partial charge in [-0.2, -0.15) is 0 Å². The first-order chi connectivity index (χ1) is 5.38. The summed E-state index contributed by atoms with van der Waals surface area (Å²) in [6.07, 6.45) is 11.4. The van der Waals surface area contributed by atoms with E-state index in [4.69, 9.17) is 4.74 Å². The smallest absolute Gasteiger partial charge is 0.107 e. The van der Waals surface area contributed by atoms with Crippen molar-refractivity contribution in [2.75, 3.05) is 0 Å². The number of ether oxygens (including phenoxy) is 1. The second-order valence-corrected chi connectivity index (χ2v) is 3.14. The summed E-state index contributed by atoms with van der Waals surface area (Å²) >= 11 is 0. The van der Waals surface area contributed by atoms with Crippen LogP contribution in [0.4, 0.5) is 0 Å². The first kappa shape index (κ1) is 6.71. The van der Waals surface area contributed by atoms with Gasteiger partial charge in [0.15, 0.2) is 0 Å². The molecule has 0 aromatic rings. The van der Waals surface area contributed by atoms with Crippen LogP contribution in [0.1, 0.15) is 13.3 Å². The molecule has 2 aliphatic rings. The average molecular weight is 148 g/mol. The maximum absolute atomic E-state index is 5.38. The standard InChI is InChI=1S/C10H12O/c1-8-4-2-6-10-9(8)5-3-7-11-10/h2-4,6-9H,5H2,1H3. The fourth-order valence-corrected chi connectivity index (χ4v) is 1.63. The third-order valence-corrected chi connectivity index (χ3v) is 2.37. The Bertz CT molecular complexity index is 235. The van der Waals surface area contributed by atoms with Gasteiger partial charge in [-0.05, 0) is 24.5 Å². The molecular formula is C10H12O. The molecule has 0 aromatic heterocycles. The molecule has 2 unspecified atom stereocenters. The van der Waals surface area contributed by atoms with E-state index >= 15 is 0 Å². The fourth-order valence-electron chi connectivity index (χ4n) is 1.63. The second kappa shape index (κ2) is 2.57. The minimum atomic E-state index is 0.588. The van der Waals surface area contributed by atoms with E-state index in [0.717, 1.165) is 12.2 Å². The van der Waals surface area contributed by atoms with Crippen molar-refractivity contribution in [2.24, 2.45) is 11.8 Å². The Kier molecular flexibility index (Phi) is 1.57. The highest BCUT2D eigenvalue weighted by Crippen LogP contribution is 2.32. The molecule has 1 heterocycles. The largest absolute Gasteiger partial charge is 0.469 e. The lowest BCUT2D eigenvalue weighted by Gasteiger charge is -2.27. The van der Waals surface area contributed by atoms with Crippen LogP contribution in [0.5, 0.6) is 0 Å². The summed E-state index contributed by atoms with van der Waals surface area (Å²) < 4.78 is 5.38. The van der Waals surface area contributed by atoms with Crippen LogP contribution >= 0.6 is 0 Å². The van der Waals surface area contributed by atoms with Crippen molar-refractivity contribution in [3.05, 3.63) is 36.3 Å². The molecule has 0 radical (unpaired) electrons. The zero-order valence-corrected chi connectivity index (χ0v) is 6.66. The van der Waals surface area contributed by atoms with E-state index in [1.54, 1.807) is 6.26 Å². The number of hydrogen-bond acceptors (Lipinski definition) is 1. The molecule has 11 heavy (non-hydrogen) atoms. The third-order valence-electron chi connectivity index (χ3n) is 2.37. The first-order valence-corrected chi connectivity index (χ1v) is 4.08. The summed E-state index contributed by atoms with van der Waals surface area (Å²) in [6, 6.07) is 0. The Labute approximate surface area is 67.1 Å². The topological polar surface area (TPSA) is 9.23 Å². The van der Waals surface area contributed by atoms with E-state index in [1.165, 1.54) is 0 Å². The summed E-state index contributed by atoms with van der Waals surface area (Å²) in [4.78, 5) is 0. The van der Waals surface area contributed by atoms with Crippen LogP contribution in [0, 0.1) is 11.8 Å². The molecule has 0 fully saturated rings. The van der Waals surface area contributed by atoms with Gasteiger partial charge in [-0.15, -0.1) is 0 Å². The zero-order valence-electron chi connectivity index (χ0n) is 6.66. The molecule has 2 atom stereocenters. The van der Waals surface area contributed by atoms with Crippen molar-refractivity contribution in [3.63, 3.8) is 0 Å². The monoisotopic (exact) mass is 148 g/mol. The number of rotatable bonds is 0. The van der Waals surface area contributed by atoms with Crippen LogP contribution in [-0.4, -0.2) is 0 Å². The van der Waals surface area contributed by atoms with Gasteiger partial charge >= 0.3 is 0 Å². The van der Waals surface area contributed by atoms with E-state index in [9.17, 15) is 0 Å². The zero-order chi connectivity index (χ0) is 7.68. The van der Waals surface area contributed by atoms with E-state index < -0.39 is 0 Å². The Morgan fingerprint density at radius 2 is 2.45 bits per heavy atom. The molecular weight excluding hydrogens is 136 g/mol. The van der Waals surface area contributed by atoms with Crippen molar-refractivity contribution in [3.8, 4) is 0 Å². The Morgan fingerprint density at radius 1 is 1.55 bits per heavy atom. The Morgan fingerprint density at radius 3 is 3.27 bits per heavy atom. The van der Waals surface area contributed by atoms with Crippen molar-refractivity contribution in [2.45, 2.75) is 13.3 Å². The predicted octanol–water partition coefficient (Wildman–Crippen LogP) is 2.63. The van der Waals surface area contributed by atoms with Gasteiger partial charge in [-0.25, -0.2) is 0 Å². The van der Waals surface area contributed by atoms with Crippen LogP contribution in [0.15, 0.2) is 36.3 Å². The lowest BCUT2D eigenvalue weighted by molar-refractivity contribution is 0.240. The molecule has 0 bridgehead atoms. The van der Waals surface area contributed by atoms with Crippen LogP contribution in [0.25, 0.3) is 0 Å². The molecule has 1 heteroatoms. The summed E-state index contributed by atoms with van der Waals surface area (Å²) in [7, 11) is 0. The highest BCUT2D eigenvalue weighted by atomic mass is 16.5. The van der Waals surface area contributed by atoms with Crippen LogP contribution in [0.2, 0.25) is 0 Å². The Balaban J connectivity index is 2.26. The van der Waals surface area contributed by atoms with Gasteiger partial charge in [0, 0.05) is 5.92 Å². The van der Waals surface area contributed by atoms with Crippen molar-refractivity contribution < 1.29 is 4.74 Å². The lowest BCUT2D eigenvalue weighted by Crippen LogP contribution is -2.17. The van der Waals surface area contributed by atoms with Gasteiger partial charge in [-0.1, -0.05) is 19.1 Å². The van der Waals surface area contributed by atoms with Crippen LogP contribution in [0.3, 0.4) is 0 Å². The summed E-state index contributed by atoms with van der Waals surface area (Å²) in [6.45, 7) is 2.23. The average Bonchev–Trinajstić information content (AvgIpc) is 2.06. The summed E-state index contributed by atoms with van der Waals surface area (Å²) in [5, 5.41) is 0. The highest BCUT2D eigenvalue weighted by Gasteiger charge is 2.23. The minimum Gasteiger partial charge on any atom is -0.469 e. The van der Waals surface area contributed by atoms with Gasteiger partial charge in [0.05, 0.1) is 6.26 Å². The summed E-state index contributed by atoms with van der Waals surface area (Å²) in [5.41, 5.74) is 0. The van der Waals surface area contributed by atoms with Crippen molar-refractivity contribution in [1.29, 1.82) is 0 Å². The highest BCUT2D eigenvalue weighted by molar-refractivity contribution is 5.21. The van der Waals surface area contributed by atoms with Gasteiger partial charge in [0.25, 0.3) is 0 Å². The molecule has 0 amide bonds. The normalized spacial score (nSPS) is 34.1. The van der Waals surface area contributed by atoms with Crippen LogP contribution < -0.4 is 0 Å². The molecule has 1 aliphatic heterocycles. The molecule has 0 saturated carbocycles. The lowest BCUT2D eigenvalue weighted by atomic mass is 9.85. The van der Waals surface area contributed by atoms with Crippen LogP contribution in [-0.2, 0) is 4.74 Å².